The van der Waals surface area contributed by atoms with Crippen LogP contribution in [0.2, 0.25) is 0 Å². The summed E-state index contributed by atoms with van der Waals surface area (Å²) in [5.74, 6) is -0.976. The van der Waals surface area contributed by atoms with Crippen molar-refractivity contribution in [3.8, 4) is 0 Å². The van der Waals surface area contributed by atoms with Gasteiger partial charge >= 0.3 is 11.9 Å². The molecular weight excluding hydrogens is 282 g/mol. The zero-order valence-electron chi connectivity index (χ0n) is 13.0. The Morgan fingerprint density at radius 1 is 1.41 bits per heavy atom. The molecule has 1 unspecified atom stereocenters. The smallest absolute Gasteiger partial charge is 0.310 e. The highest BCUT2D eigenvalue weighted by Gasteiger charge is 2.27. The molecule has 0 amide bonds. The van der Waals surface area contributed by atoms with E-state index in [4.69, 9.17) is 9.84 Å². The fourth-order valence-corrected chi connectivity index (χ4v) is 2.82. The Bertz CT molecular complexity index is 529. The van der Waals surface area contributed by atoms with E-state index in [0.717, 1.165) is 30.6 Å². The molecule has 0 spiro atoms. The van der Waals surface area contributed by atoms with Gasteiger partial charge in [0, 0.05) is 25.2 Å². The molecule has 0 aromatic heterocycles. The summed E-state index contributed by atoms with van der Waals surface area (Å²) in [7, 11) is 0. The molecule has 0 saturated carbocycles. The normalized spacial score (nSPS) is 18.0. The number of rotatable bonds is 6. The van der Waals surface area contributed by atoms with Crippen LogP contribution in [0.25, 0.3) is 0 Å². The Labute approximate surface area is 130 Å². The second kappa shape index (κ2) is 7.82. The number of ether oxygens (including phenoxy) is 1. The molecule has 0 aliphatic carbocycles. The van der Waals surface area contributed by atoms with Crippen molar-refractivity contribution in [1.29, 1.82) is 0 Å². The van der Waals surface area contributed by atoms with Crippen LogP contribution >= 0.6 is 0 Å². The molecule has 120 valence electrons. The first-order chi connectivity index (χ1) is 10.6. The van der Waals surface area contributed by atoms with Crippen LogP contribution in [0.3, 0.4) is 0 Å². The third-order valence-corrected chi connectivity index (χ3v) is 3.94. The van der Waals surface area contributed by atoms with Crippen LogP contribution in [0.4, 0.5) is 5.69 Å². The second-order valence-corrected chi connectivity index (χ2v) is 5.60. The zero-order valence-corrected chi connectivity index (χ0v) is 13.0. The standard InChI is InChI=1S/C17H23NO4/c1-2-22-17(21)14-6-4-10-18(12-14)15-7-3-5-13(11-15)8-9-16(19)20/h3,5,7,11,14H,2,4,6,8-10,12H2,1H3,(H,19,20). The fourth-order valence-electron chi connectivity index (χ4n) is 2.82. The van der Waals surface area contributed by atoms with Gasteiger partial charge in [-0.15, -0.1) is 0 Å². The van der Waals surface area contributed by atoms with Gasteiger partial charge in [-0.05, 0) is 43.9 Å². The van der Waals surface area contributed by atoms with Crippen molar-refractivity contribution in [1.82, 2.24) is 0 Å². The van der Waals surface area contributed by atoms with Crippen molar-refractivity contribution >= 4 is 17.6 Å². The molecule has 1 fully saturated rings. The Balaban J connectivity index is 2.02. The number of piperidine rings is 1. The lowest BCUT2D eigenvalue weighted by molar-refractivity contribution is -0.148. The maximum Gasteiger partial charge on any atom is 0.310 e. The molecule has 1 aliphatic rings. The lowest BCUT2D eigenvalue weighted by atomic mass is 9.97. The zero-order chi connectivity index (χ0) is 15.9. The third kappa shape index (κ3) is 4.48. The minimum Gasteiger partial charge on any atom is -0.481 e. The number of benzene rings is 1. The van der Waals surface area contributed by atoms with Gasteiger partial charge in [-0.3, -0.25) is 9.59 Å². The number of carbonyl (C=O) groups excluding carboxylic acids is 1. The topological polar surface area (TPSA) is 66.8 Å². The van der Waals surface area contributed by atoms with Crippen molar-refractivity contribution in [2.24, 2.45) is 5.92 Å². The van der Waals surface area contributed by atoms with Crippen molar-refractivity contribution in [3.63, 3.8) is 0 Å². The largest absolute Gasteiger partial charge is 0.481 e. The summed E-state index contributed by atoms with van der Waals surface area (Å²) in [4.78, 5) is 24.8. The maximum atomic E-state index is 11.9. The van der Waals surface area contributed by atoms with Gasteiger partial charge in [0.25, 0.3) is 0 Å². The number of esters is 1. The molecule has 0 radical (unpaired) electrons. The van der Waals surface area contributed by atoms with Crippen molar-refractivity contribution in [2.45, 2.75) is 32.6 Å². The lowest BCUT2D eigenvalue weighted by Gasteiger charge is -2.33. The average molecular weight is 305 g/mol. The third-order valence-electron chi connectivity index (χ3n) is 3.94. The highest BCUT2D eigenvalue weighted by atomic mass is 16.5. The van der Waals surface area contributed by atoms with Gasteiger partial charge in [-0.25, -0.2) is 0 Å². The number of hydrogen-bond acceptors (Lipinski definition) is 4. The van der Waals surface area contributed by atoms with Gasteiger partial charge in [-0.1, -0.05) is 12.1 Å². The summed E-state index contributed by atoms with van der Waals surface area (Å²) in [6.45, 7) is 3.82. The van der Waals surface area contributed by atoms with E-state index in [2.05, 4.69) is 4.90 Å². The Kier molecular flexibility index (Phi) is 5.81. The predicted molar refractivity (Wildman–Crippen MR) is 84.0 cm³/mol. The lowest BCUT2D eigenvalue weighted by Crippen LogP contribution is -2.39. The van der Waals surface area contributed by atoms with Gasteiger partial charge in [0.2, 0.25) is 0 Å². The van der Waals surface area contributed by atoms with E-state index in [1.165, 1.54) is 0 Å². The first kappa shape index (κ1) is 16.3. The second-order valence-electron chi connectivity index (χ2n) is 5.60. The first-order valence-electron chi connectivity index (χ1n) is 7.82. The highest BCUT2D eigenvalue weighted by Crippen LogP contribution is 2.25. The van der Waals surface area contributed by atoms with Crippen LogP contribution in [-0.4, -0.2) is 36.7 Å². The van der Waals surface area contributed by atoms with E-state index in [0.29, 0.717) is 19.6 Å². The molecular formula is C17H23NO4. The Morgan fingerprint density at radius 2 is 2.23 bits per heavy atom. The predicted octanol–water partition coefficient (Wildman–Crippen LogP) is 2.48. The number of aliphatic carboxylic acids is 1. The molecule has 22 heavy (non-hydrogen) atoms. The molecule has 1 heterocycles. The summed E-state index contributed by atoms with van der Waals surface area (Å²) in [5, 5.41) is 8.78. The monoisotopic (exact) mass is 305 g/mol. The summed E-state index contributed by atoms with van der Waals surface area (Å²) >= 11 is 0. The van der Waals surface area contributed by atoms with Crippen molar-refractivity contribution in [3.05, 3.63) is 29.8 Å². The molecule has 2 rings (SSSR count). The van der Waals surface area contributed by atoms with E-state index in [1.54, 1.807) is 0 Å². The maximum absolute atomic E-state index is 11.9. The number of aryl methyl sites for hydroxylation is 1. The van der Waals surface area contributed by atoms with Gasteiger partial charge in [0.05, 0.1) is 12.5 Å². The quantitative estimate of drug-likeness (QED) is 0.818. The molecule has 0 bridgehead atoms. The van der Waals surface area contributed by atoms with Crippen molar-refractivity contribution in [2.75, 3.05) is 24.6 Å². The van der Waals surface area contributed by atoms with E-state index in [-0.39, 0.29) is 18.3 Å². The number of carboxylic acid groups (broad SMARTS) is 1. The van der Waals surface area contributed by atoms with E-state index in [9.17, 15) is 9.59 Å². The molecule has 1 saturated heterocycles. The van der Waals surface area contributed by atoms with Crippen LogP contribution in [0, 0.1) is 5.92 Å². The van der Waals surface area contributed by atoms with Gasteiger partial charge in [-0.2, -0.15) is 0 Å². The number of anilines is 1. The summed E-state index contributed by atoms with van der Waals surface area (Å²) < 4.78 is 5.12. The molecule has 1 N–H and O–H groups in total. The fraction of sp³-hybridized carbons (Fsp3) is 0.529. The van der Waals surface area contributed by atoms with Crippen LogP contribution in [0.15, 0.2) is 24.3 Å². The van der Waals surface area contributed by atoms with Crippen LogP contribution in [0.5, 0.6) is 0 Å². The number of carbonyl (C=O) groups is 2. The van der Waals surface area contributed by atoms with E-state index in [1.807, 2.05) is 31.2 Å². The summed E-state index contributed by atoms with van der Waals surface area (Å²) in [6.07, 6.45) is 2.49. The molecule has 5 heteroatoms. The van der Waals surface area contributed by atoms with Crippen LogP contribution in [-0.2, 0) is 20.7 Å². The Hall–Kier alpha value is -2.04. The minimum atomic E-state index is -0.786. The summed E-state index contributed by atoms with van der Waals surface area (Å²) in [6, 6.07) is 7.92. The molecule has 1 aliphatic heterocycles. The van der Waals surface area contributed by atoms with Gasteiger partial charge in [0.15, 0.2) is 0 Å². The summed E-state index contributed by atoms with van der Waals surface area (Å²) in [5.41, 5.74) is 2.06. The Morgan fingerprint density at radius 3 is 2.95 bits per heavy atom. The molecule has 1 aromatic rings. The number of nitrogens with zero attached hydrogens (tertiary/aromatic N) is 1. The SMILES string of the molecule is CCOC(=O)C1CCCN(c2cccc(CCC(=O)O)c2)C1. The number of hydrogen-bond donors (Lipinski definition) is 1. The van der Waals surface area contributed by atoms with Crippen molar-refractivity contribution < 1.29 is 19.4 Å². The average Bonchev–Trinajstić information content (AvgIpc) is 2.53. The van der Waals surface area contributed by atoms with Gasteiger partial charge < -0.3 is 14.7 Å². The molecule has 1 atom stereocenters. The molecule has 1 aromatic carbocycles. The first-order valence-corrected chi connectivity index (χ1v) is 7.82. The molecule has 5 nitrogen and oxygen atoms in total. The van der Waals surface area contributed by atoms with Crippen LogP contribution in [0.1, 0.15) is 31.7 Å². The highest BCUT2D eigenvalue weighted by molar-refractivity contribution is 5.73. The van der Waals surface area contributed by atoms with Gasteiger partial charge in [0.1, 0.15) is 0 Å². The van der Waals surface area contributed by atoms with Crippen LogP contribution < -0.4 is 4.90 Å². The number of carboxylic acids is 1. The van der Waals surface area contributed by atoms with E-state index < -0.39 is 5.97 Å². The van der Waals surface area contributed by atoms with E-state index >= 15 is 0 Å². The minimum absolute atomic E-state index is 0.0728.